The number of anilines is 1. The molecule has 0 radical (unpaired) electrons. The van der Waals surface area contributed by atoms with E-state index in [1.807, 2.05) is 13.0 Å². The second-order valence-corrected chi connectivity index (χ2v) is 5.63. The molecule has 0 aliphatic rings. The number of nitrogens with zero attached hydrogens (tertiary/aromatic N) is 3. The lowest BCUT2D eigenvalue weighted by atomic mass is 9.93. The minimum Gasteiger partial charge on any atom is -0.481 e. The Morgan fingerprint density at radius 3 is 2.56 bits per heavy atom. The van der Waals surface area contributed by atoms with Gasteiger partial charge in [0.25, 0.3) is 0 Å². The first-order valence-electron chi connectivity index (χ1n) is 6.11. The molecule has 0 unspecified atom stereocenters. The first kappa shape index (κ1) is 14.7. The summed E-state index contributed by atoms with van der Waals surface area (Å²) in [6.07, 6.45) is 0. The maximum Gasteiger partial charge on any atom is 0.226 e. The highest BCUT2D eigenvalue weighted by Crippen LogP contribution is 2.17. The summed E-state index contributed by atoms with van der Waals surface area (Å²) >= 11 is 0. The zero-order valence-electron chi connectivity index (χ0n) is 12.2. The molecule has 0 atom stereocenters. The lowest BCUT2D eigenvalue weighted by Crippen LogP contribution is -2.34. The van der Waals surface area contributed by atoms with Crippen LogP contribution in [0.2, 0.25) is 0 Å². The fourth-order valence-corrected chi connectivity index (χ4v) is 1.95. The molecule has 1 rings (SSSR count). The first-order chi connectivity index (χ1) is 8.32. The summed E-state index contributed by atoms with van der Waals surface area (Å²) in [5, 5.41) is 3.28. The van der Waals surface area contributed by atoms with Gasteiger partial charge in [0.2, 0.25) is 11.8 Å². The van der Waals surface area contributed by atoms with E-state index in [2.05, 4.69) is 48.1 Å². The van der Waals surface area contributed by atoms with Crippen LogP contribution < -0.4 is 10.1 Å². The van der Waals surface area contributed by atoms with Crippen molar-refractivity contribution < 1.29 is 4.74 Å². The van der Waals surface area contributed by atoms with Crippen molar-refractivity contribution in [2.75, 3.05) is 39.6 Å². The summed E-state index contributed by atoms with van der Waals surface area (Å²) in [5.41, 5.74) is 1.05. The van der Waals surface area contributed by atoms with Crippen molar-refractivity contribution in [3.63, 3.8) is 0 Å². The van der Waals surface area contributed by atoms with E-state index in [9.17, 15) is 0 Å². The third-order valence-corrected chi connectivity index (χ3v) is 2.51. The normalized spacial score (nSPS) is 11.7. The summed E-state index contributed by atoms with van der Waals surface area (Å²) in [6.45, 7) is 8.18. The molecular formula is C13H24N4O. The molecule has 0 bridgehead atoms. The number of aromatic nitrogens is 2. The number of aryl methyl sites for hydroxylation is 1. The molecule has 102 valence electrons. The highest BCUT2D eigenvalue weighted by Gasteiger charge is 2.19. The number of nitrogens with one attached hydrogen (secondary N) is 1. The number of ether oxygens (including phenoxy) is 1. The molecule has 0 aromatic carbocycles. The molecular weight excluding hydrogens is 228 g/mol. The Balaban J connectivity index is 2.65. The van der Waals surface area contributed by atoms with Gasteiger partial charge in [0.05, 0.1) is 7.11 Å². The van der Waals surface area contributed by atoms with Crippen molar-refractivity contribution in [1.29, 1.82) is 0 Å². The van der Waals surface area contributed by atoms with Gasteiger partial charge >= 0.3 is 0 Å². The van der Waals surface area contributed by atoms with Gasteiger partial charge in [0, 0.05) is 24.8 Å². The second kappa shape index (κ2) is 6.00. The maximum absolute atomic E-state index is 5.13. The Morgan fingerprint density at radius 1 is 1.33 bits per heavy atom. The largest absolute Gasteiger partial charge is 0.481 e. The molecule has 0 aliphatic heterocycles. The van der Waals surface area contributed by atoms with Gasteiger partial charge in [0.1, 0.15) is 0 Å². The van der Waals surface area contributed by atoms with Gasteiger partial charge in [-0.1, -0.05) is 13.8 Å². The van der Waals surface area contributed by atoms with Gasteiger partial charge < -0.3 is 15.0 Å². The minimum atomic E-state index is 0.157. The van der Waals surface area contributed by atoms with Crippen LogP contribution in [0.4, 0.5) is 5.95 Å². The van der Waals surface area contributed by atoms with Crippen LogP contribution in [-0.4, -0.2) is 49.2 Å². The fourth-order valence-electron chi connectivity index (χ4n) is 1.95. The lowest BCUT2D eigenvalue weighted by Gasteiger charge is -2.28. The highest BCUT2D eigenvalue weighted by atomic mass is 16.5. The highest BCUT2D eigenvalue weighted by molar-refractivity contribution is 5.30. The number of hydrogen-bond acceptors (Lipinski definition) is 5. The van der Waals surface area contributed by atoms with Crippen molar-refractivity contribution in [1.82, 2.24) is 14.9 Å². The standard InChI is InChI=1S/C13H24N4O/c1-10-7-11(18-6)16-12(15-10)14-8-13(2,3)9-17(4)5/h7H,8-9H2,1-6H3,(H,14,15,16). The van der Waals surface area contributed by atoms with E-state index in [0.29, 0.717) is 11.8 Å². The number of rotatable bonds is 6. The zero-order chi connectivity index (χ0) is 13.8. The molecule has 5 nitrogen and oxygen atoms in total. The van der Waals surface area contributed by atoms with E-state index in [0.717, 1.165) is 18.8 Å². The van der Waals surface area contributed by atoms with E-state index in [1.165, 1.54) is 0 Å². The summed E-state index contributed by atoms with van der Waals surface area (Å²) in [5.74, 6) is 1.22. The first-order valence-corrected chi connectivity index (χ1v) is 6.11. The van der Waals surface area contributed by atoms with Crippen molar-refractivity contribution in [2.45, 2.75) is 20.8 Å². The summed E-state index contributed by atoms with van der Waals surface area (Å²) < 4.78 is 5.13. The van der Waals surface area contributed by atoms with E-state index in [4.69, 9.17) is 4.74 Å². The molecule has 0 aliphatic carbocycles. The number of methoxy groups -OCH3 is 1. The van der Waals surface area contributed by atoms with Gasteiger partial charge in [0.15, 0.2) is 0 Å². The third-order valence-electron chi connectivity index (χ3n) is 2.51. The van der Waals surface area contributed by atoms with Crippen molar-refractivity contribution >= 4 is 5.95 Å². The van der Waals surface area contributed by atoms with Gasteiger partial charge in [-0.3, -0.25) is 0 Å². The quantitative estimate of drug-likeness (QED) is 0.836. The van der Waals surface area contributed by atoms with Crippen molar-refractivity contribution in [3.8, 4) is 5.88 Å². The maximum atomic E-state index is 5.13. The molecule has 5 heteroatoms. The molecule has 1 N–H and O–H groups in total. The van der Waals surface area contributed by atoms with Crippen LogP contribution >= 0.6 is 0 Å². The summed E-state index contributed by atoms with van der Waals surface area (Å²) in [4.78, 5) is 10.8. The molecule has 0 fully saturated rings. The average molecular weight is 252 g/mol. The fraction of sp³-hybridized carbons (Fsp3) is 0.692. The zero-order valence-corrected chi connectivity index (χ0v) is 12.2. The second-order valence-electron chi connectivity index (χ2n) is 5.63. The monoisotopic (exact) mass is 252 g/mol. The summed E-state index contributed by atoms with van der Waals surface area (Å²) in [6, 6.07) is 1.82. The van der Waals surface area contributed by atoms with Crippen LogP contribution in [0.1, 0.15) is 19.5 Å². The molecule has 0 spiro atoms. The van der Waals surface area contributed by atoms with Crippen molar-refractivity contribution in [3.05, 3.63) is 11.8 Å². The third kappa shape index (κ3) is 4.87. The van der Waals surface area contributed by atoms with Gasteiger partial charge in [-0.2, -0.15) is 4.98 Å². The van der Waals surface area contributed by atoms with Crippen LogP contribution in [0.25, 0.3) is 0 Å². The topological polar surface area (TPSA) is 50.3 Å². The van der Waals surface area contributed by atoms with E-state index in [-0.39, 0.29) is 5.41 Å². The molecule has 1 aromatic rings. The van der Waals surface area contributed by atoms with E-state index >= 15 is 0 Å². The molecule has 18 heavy (non-hydrogen) atoms. The van der Waals surface area contributed by atoms with Crippen LogP contribution in [-0.2, 0) is 0 Å². The van der Waals surface area contributed by atoms with Crippen molar-refractivity contribution in [2.24, 2.45) is 5.41 Å². The Hall–Kier alpha value is -1.36. The van der Waals surface area contributed by atoms with Crippen LogP contribution in [0.5, 0.6) is 5.88 Å². The van der Waals surface area contributed by atoms with Crippen LogP contribution in [0.3, 0.4) is 0 Å². The van der Waals surface area contributed by atoms with Gasteiger partial charge in [-0.15, -0.1) is 0 Å². The predicted octanol–water partition coefficient (Wildman–Crippen LogP) is 1.79. The van der Waals surface area contributed by atoms with E-state index < -0.39 is 0 Å². The van der Waals surface area contributed by atoms with Gasteiger partial charge in [-0.25, -0.2) is 4.98 Å². The molecule has 0 amide bonds. The lowest BCUT2D eigenvalue weighted by molar-refractivity contribution is 0.253. The molecule has 0 saturated heterocycles. The average Bonchev–Trinajstić information content (AvgIpc) is 2.24. The Morgan fingerprint density at radius 2 is 2.00 bits per heavy atom. The SMILES string of the molecule is COc1cc(C)nc(NCC(C)(C)CN(C)C)n1. The summed E-state index contributed by atoms with van der Waals surface area (Å²) in [7, 11) is 5.77. The van der Waals surface area contributed by atoms with Crippen LogP contribution in [0, 0.1) is 12.3 Å². The number of hydrogen-bond donors (Lipinski definition) is 1. The molecule has 1 heterocycles. The minimum absolute atomic E-state index is 0.157. The smallest absolute Gasteiger partial charge is 0.226 e. The van der Waals surface area contributed by atoms with E-state index in [1.54, 1.807) is 7.11 Å². The van der Waals surface area contributed by atoms with Gasteiger partial charge in [-0.05, 0) is 26.4 Å². The Kier molecular flexibility index (Phi) is 4.90. The predicted molar refractivity (Wildman–Crippen MR) is 74.1 cm³/mol. The Bertz CT molecular complexity index is 391. The Labute approximate surface area is 110 Å². The molecule has 1 aromatic heterocycles. The molecule has 0 saturated carbocycles. The van der Waals surface area contributed by atoms with Crippen LogP contribution in [0.15, 0.2) is 6.07 Å².